The molecule has 0 radical (unpaired) electrons. The summed E-state index contributed by atoms with van der Waals surface area (Å²) in [6.45, 7) is 1.95. The molecule has 0 aromatic heterocycles. The minimum Gasteiger partial charge on any atom is -0.393 e. The van der Waals surface area contributed by atoms with Gasteiger partial charge < -0.3 is 5.11 Å². The van der Waals surface area contributed by atoms with Crippen LogP contribution in [-0.4, -0.2) is 25.3 Å². The lowest BCUT2D eigenvalue weighted by Crippen LogP contribution is -2.45. The van der Waals surface area contributed by atoms with Gasteiger partial charge in [0.25, 0.3) is 10.0 Å². The van der Waals surface area contributed by atoms with Gasteiger partial charge in [-0.15, -0.1) is 0 Å². The maximum atomic E-state index is 12.6. The van der Waals surface area contributed by atoms with E-state index in [0.717, 1.165) is 67.1 Å². The highest BCUT2D eigenvalue weighted by Gasteiger charge is 2.51. The summed E-state index contributed by atoms with van der Waals surface area (Å²) in [5.74, 6) is 4.20. The third kappa shape index (κ3) is 3.70. The maximum absolute atomic E-state index is 12.6. The monoisotopic (exact) mass is 430 g/mol. The summed E-state index contributed by atoms with van der Waals surface area (Å²) in [7, 11) is -3.61. The zero-order valence-electron chi connectivity index (χ0n) is 17.8. The van der Waals surface area contributed by atoms with E-state index >= 15 is 0 Å². The molecular weight excluding hydrogens is 396 g/mol. The number of aliphatic hydroxyl groups excluding tert-OH is 1. The first-order valence-electron chi connectivity index (χ1n) is 11.8. The average Bonchev–Trinajstić information content (AvgIpc) is 3.15. The second kappa shape index (κ2) is 7.94. The molecule has 4 aliphatic rings. The van der Waals surface area contributed by atoms with E-state index in [-0.39, 0.29) is 11.0 Å². The number of fused-ring (bicyclic) bond motifs is 5. The summed E-state index contributed by atoms with van der Waals surface area (Å²) >= 11 is 0. The largest absolute Gasteiger partial charge is 0.393 e. The zero-order chi connectivity index (χ0) is 20.9. The molecule has 4 fully saturated rings. The molecule has 7 atom stereocenters. The lowest BCUT2D eigenvalue weighted by Gasteiger charge is -2.52. The topological polar surface area (TPSA) is 78.8 Å². The summed E-state index contributed by atoms with van der Waals surface area (Å²) in [5.41, 5.74) is 2.10. The quantitative estimate of drug-likeness (QED) is 0.704. The predicted molar refractivity (Wildman–Crippen MR) is 117 cm³/mol. The van der Waals surface area contributed by atoms with Crippen LogP contribution in [0.1, 0.15) is 63.4 Å². The maximum Gasteiger partial charge on any atom is 0.276 e. The number of nitrogens with zero attached hydrogens (tertiary/aromatic N) is 1. The Hall–Kier alpha value is -1.40. The van der Waals surface area contributed by atoms with Gasteiger partial charge in [0.1, 0.15) is 0 Å². The van der Waals surface area contributed by atoms with Crippen molar-refractivity contribution in [1.82, 2.24) is 4.83 Å². The molecule has 164 valence electrons. The second-order valence-electron chi connectivity index (χ2n) is 10.2. The Morgan fingerprint density at radius 1 is 0.900 bits per heavy atom. The summed E-state index contributed by atoms with van der Waals surface area (Å²) in [4.78, 5) is 2.80. The van der Waals surface area contributed by atoms with Crippen LogP contribution in [-0.2, 0) is 10.0 Å². The minimum absolute atomic E-state index is 0.0779. The molecule has 1 aromatic rings. The number of sulfonamides is 1. The summed E-state index contributed by atoms with van der Waals surface area (Å²) in [6.07, 6.45) is 10.1. The molecule has 6 heteroatoms. The number of rotatable bonds is 3. The highest BCUT2D eigenvalue weighted by Crippen LogP contribution is 2.57. The molecule has 0 amide bonds. The van der Waals surface area contributed by atoms with Gasteiger partial charge in [0.05, 0.1) is 11.0 Å². The van der Waals surface area contributed by atoms with E-state index < -0.39 is 10.0 Å². The Bertz CT molecular complexity index is 911. The van der Waals surface area contributed by atoms with Crippen LogP contribution in [0, 0.1) is 42.4 Å². The molecule has 0 aliphatic heterocycles. The summed E-state index contributed by atoms with van der Waals surface area (Å²) in [6, 6.07) is 6.91. The van der Waals surface area contributed by atoms with Crippen LogP contribution < -0.4 is 4.83 Å². The van der Waals surface area contributed by atoms with Crippen LogP contribution >= 0.6 is 0 Å². The molecule has 0 unspecified atom stereocenters. The molecule has 4 aliphatic carbocycles. The van der Waals surface area contributed by atoms with Crippen molar-refractivity contribution in [2.45, 2.75) is 75.7 Å². The second-order valence-corrected chi connectivity index (χ2v) is 11.9. The SMILES string of the molecule is Cc1ccc(S(=O)(=O)N/N=C2/CC[C@H]3[C@H]4CC[C@@H]5C[C@@H](O)CC[C@H]5[C@H]4CC[C@H]23)cc1. The summed E-state index contributed by atoms with van der Waals surface area (Å²) in [5, 5.41) is 14.5. The van der Waals surface area contributed by atoms with Crippen molar-refractivity contribution in [3.8, 4) is 0 Å². The van der Waals surface area contributed by atoms with Crippen molar-refractivity contribution in [1.29, 1.82) is 0 Å². The first-order valence-corrected chi connectivity index (χ1v) is 13.2. The van der Waals surface area contributed by atoms with Gasteiger partial charge in [-0.25, -0.2) is 4.83 Å². The highest BCUT2D eigenvalue weighted by molar-refractivity contribution is 7.89. The van der Waals surface area contributed by atoms with Crippen LogP contribution in [0.2, 0.25) is 0 Å². The number of aryl methyl sites for hydroxylation is 1. The number of nitrogens with one attached hydrogen (secondary N) is 1. The molecule has 5 rings (SSSR count). The van der Waals surface area contributed by atoms with Crippen LogP contribution in [0.4, 0.5) is 0 Å². The van der Waals surface area contributed by atoms with Gasteiger partial charge >= 0.3 is 0 Å². The first-order chi connectivity index (χ1) is 14.4. The fraction of sp³-hybridized carbons (Fsp3) is 0.708. The normalized spacial score (nSPS) is 39.8. The number of aliphatic hydroxyl groups is 1. The Balaban J connectivity index is 1.28. The number of hydrogen-bond acceptors (Lipinski definition) is 4. The highest BCUT2D eigenvalue weighted by atomic mass is 32.2. The molecule has 5 nitrogen and oxygen atoms in total. The van der Waals surface area contributed by atoms with Crippen molar-refractivity contribution in [2.24, 2.45) is 40.6 Å². The van der Waals surface area contributed by atoms with Gasteiger partial charge in [-0.05, 0) is 106 Å². The fourth-order valence-electron chi connectivity index (χ4n) is 7.30. The molecule has 30 heavy (non-hydrogen) atoms. The molecule has 0 saturated heterocycles. The molecular formula is C24H34N2O3S. The van der Waals surface area contributed by atoms with Crippen LogP contribution in [0.5, 0.6) is 0 Å². The Kier molecular flexibility index (Phi) is 5.42. The minimum atomic E-state index is -3.61. The number of benzene rings is 1. The van der Waals surface area contributed by atoms with Gasteiger partial charge in [0.15, 0.2) is 0 Å². The van der Waals surface area contributed by atoms with Gasteiger partial charge in [-0.2, -0.15) is 13.5 Å². The van der Waals surface area contributed by atoms with E-state index in [1.54, 1.807) is 12.1 Å². The lowest BCUT2D eigenvalue weighted by molar-refractivity contribution is -0.0411. The van der Waals surface area contributed by atoms with Crippen LogP contribution in [0.15, 0.2) is 34.3 Å². The molecule has 0 bridgehead atoms. The zero-order valence-corrected chi connectivity index (χ0v) is 18.7. The van der Waals surface area contributed by atoms with Crippen molar-refractivity contribution >= 4 is 15.7 Å². The molecule has 4 saturated carbocycles. The Labute approximate surface area is 180 Å². The smallest absolute Gasteiger partial charge is 0.276 e. The molecule has 0 heterocycles. The standard InChI is InChI=1S/C24H34N2O3S/c1-15-2-6-18(7-3-15)30(28,29)26-25-24-13-12-22-21-8-4-16-14-17(27)5-9-19(16)20(21)10-11-23(22)24/h2-3,6-7,16-17,19-23,26-27H,4-5,8-14H2,1H3/b25-24-/t16-,17+,19-,20-,21+,22+,23+/m1/s1. The summed E-state index contributed by atoms with van der Waals surface area (Å²) < 4.78 is 25.3. The van der Waals surface area contributed by atoms with E-state index in [2.05, 4.69) is 9.93 Å². The van der Waals surface area contributed by atoms with Crippen molar-refractivity contribution in [3.05, 3.63) is 29.8 Å². The molecule has 0 spiro atoms. The van der Waals surface area contributed by atoms with Crippen LogP contribution in [0.3, 0.4) is 0 Å². The van der Waals surface area contributed by atoms with E-state index in [1.165, 1.54) is 25.7 Å². The van der Waals surface area contributed by atoms with E-state index in [0.29, 0.717) is 11.8 Å². The Morgan fingerprint density at radius 2 is 1.60 bits per heavy atom. The third-order valence-corrected chi connectivity index (χ3v) is 9.89. The molecule has 2 N–H and O–H groups in total. The third-order valence-electron chi connectivity index (χ3n) is 8.66. The fourth-order valence-corrected chi connectivity index (χ4v) is 8.13. The number of hydrogen-bond donors (Lipinski definition) is 2. The van der Waals surface area contributed by atoms with E-state index in [4.69, 9.17) is 0 Å². The van der Waals surface area contributed by atoms with E-state index in [9.17, 15) is 13.5 Å². The first kappa shape index (κ1) is 20.5. The van der Waals surface area contributed by atoms with Gasteiger partial charge in [0, 0.05) is 11.6 Å². The van der Waals surface area contributed by atoms with Crippen LogP contribution in [0.25, 0.3) is 0 Å². The van der Waals surface area contributed by atoms with E-state index in [1.807, 2.05) is 19.1 Å². The van der Waals surface area contributed by atoms with Crippen molar-refractivity contribution in [3.63, 3.8) is 0 Å². The predicted octanol–water partition coefficient (Wildman–Crippen LogP) is 4.25. The number of hydrazone groups is 1. The average molecular weight is 431 g/mol. The van der Waals surface area contributed by atoms with Crippen molar-refractivity contribution in [2.75, 3.05) is 0 Å². The van der Waals surface area contributed by atoms with Gasteiger partial charge in [-0.3, -0.25) is 0 Å². The van der Waals surface area contributed by atoms with Gasteiger partial charge in [-0.1, -0.05) is 17.7 Å². The Morgan fingerprint density at radius 3 is 2.40 bits per heavy atom. The van der Waals surface area contributed by atoms with Gasteiger partial charge in [0.2, 0.25) is 0 Å². The lowest BCUT2D eigenvalue weighted by atomic mass is 9.53. The van der Waals surface area contributed by atoms with Crippen molar-refractivity contribution < 1.29 is 13.5 Å². The molecule has 1 aromatic carbocycles.